The third-order valence-corrected chi connectivity index (χ3v) is 3.34. The number of ether oxygens (including phenoxy) is 1. The smallest absolute Gasteiger partial charge is 0.118 e. The molecule has 0 aliphatic carbocycles. The molecular formula is C16H20N2O. The van der Waals surface area contributed by atoms with Crippen LogP contribution in [0.15, 0.2) is 48.8 Å². The Labute approximate surface area is 114 Å². The van der Waals surface area contributed by atoms with Gasteiger partial charge in [-0.05, 0) is 55.3 Å². The molecule has 3 heteroatoms. The summed E-state index contributed by atoms with van der Waals surface area (Å²) in [6.07, 6.45) is 5.78. The highest BCUT2D eigenvalue weighted by Gasteiger charge is 2.08. The predicted molar refractivity (Wildman–Crippen MR) is 77.4 cm³/mol. The average molecular weight is 256 g/mol. The maximum absolute atomic E-state index is 5.17. The van der Waals surface area contributed by atoms with E-state index in [0.717, 1.165) is 18.6 Å². The van der Waals surface area contributed by atoms with Crippen LogP contribution in [0.1, 0.15) is 23.6 Å². The van der Waals surface area contributed by atoms with E-state index in [2.05, 4.69) is 34.6 Å². The Hall–Kier alpha value is -1.87. The zero-order chi connectivity index (χ0) is 13.5. The van der Waals surface area contributed by atoms with Crippen molar-refractivity contribution in [2.45, 2.75) is 18.9 Å². The highest BCUT2D eigenvalue weighted by molar-refractivity contribution is 5.27. The molecule has 100 valence electrons. The molecule has 0 fully saturated rings. The lowest BCUT2D eigenvalue weighted by Gasteiger charge is -2.16. The summed E-state index contributed by atoms with van der Waals surface area (Å²) >= 11 is 0. The first kappa shape index (κ1) is 13.6. The number of hydrogen-bond acceptors (Lipinski definition) is 3. The van der Waals surface area contributed by atoms with Crippen molar-refractivity contribution in [3.8, 4) is 5.75 Å². The van der Waals surface area contributed by atoms with Gasteiger partial charge in [-0.2, -0.15) is 0 Å². The van der Waals surface area contributed by atoms with Crippen molar-refractivity contribution in [3.63, 3.8) is 0 Å². The van der Waals surface area contributed by atoms with Gasteiger partial charge in [0.2, 0.25) is 0 Å². The van der Waals surface area contributed by atoms with Crippen LogP contribution in [-0.4, -0.2) is 19.1 Å². The molecule has 0 saturated carbocycles. The Bertz CT molecular complexity index is 482. The zero-order valence-electron chi connectivity index (χ0n) is 11.5. The van der Waals surface area contributed by atoms with Crippen LogP contribution >= 0.6 is 0 Å². The molecule has 1 aromatic heterocycles. The van der Waals surface area contributed by atoms with Gasteiger partial charge in [0.05, 0.1) is 7.11 Å². The SMILES string of the molecule is CNC(CCc1ccc(OC)cc1)c1ccncc1. The average Bonchev–Trinajstić information content (AvgIpc) is 2.49. The maximum Gasteiger partial charge on any atom is 0.118 e. The van der Waals surface area contributed by atoms with Gasteiger partial charge in [-0.3, -0.25) is 4.98 Å². The molecule has 1 atom stereocenters. The van der Waals surface area contributed by atoms with Crippen LogP contribution < -0.4 is 10.1 Å². The molecule has 19 heavy (non-hydrogen) atoms. The van der Waals surface area contributed by atoms with E-state index < -0.39 is 0 Å². The molecule has 1 heterocycles. The monoisotopic (exact) mass is 256 g/mol. The fraction of sp³-hybridized carbons (Fsp3) is 0.312. The van der Waals surface area contributed by atoms with Crippen LogP contribution in [0.25, 0.3) is 0 Å². The van der Waals surface area contributed by atoms with E-state index in [1.54, 1.807) is 7.11 Å². The number of nitrogens with zero attached hydrogens (tertiary/aromatic N) is 1. The lowest BCUT2D eigenvalue weighted by atomic mass is 10.00. The van der Waals surface area contributed by atoms with Gasteiger partial charge in [0, 0.05) is 18.4 Å². The maximum atomic E-state index is 5.17. The number of benzene rings is 1. The molecule has 0 amide bonds. The van der Waals surface area contributed by atoms with E-state index in [-0.39, 0.29) is 0 Å². The molecular weight excluding hydrogens is 236 g/mol. The molecule has 0 spiro atoms. The number of pyridine rings is 1. The van der Waals surface area contributed by atoms with Crippen molar-refractivity contribution in [3.05, 3.63) is 59.9 Å². The molecule has 0 radical (unpaired) electrons. The lowest BCUT2D eigenvalue weighted by Crippen LogP contribution is -2.17. The third-order valence-electron chi connectivity index (χ3n) is 3.34. The molecule has 2 aromatic rings. The Kier molecular flexibility index (Phi) is 4.93. The molecule has 2 rings (SSSR count). The minimum Gasteiger partial charge on any atom is -0.497 e. The topological polar surface area (TPSA) is 34.1 Å². The number of rotatable bonds is 6. The molecule has 1 unspecified atom stereocenters. The van der Waals surface area contributed by atoms with Crippen molar-refractivity contribution in [1.82, 2.24) is 10.3 Å². The standard InChI is InChI=1S/C16H20N2O/c1-17-16(14-9-11-18-12-10-14)8-5-13-3-6-15(19-2)7-4-13/h3-4,6-7,9-12,16-17H,5,8H2,1-2H3. The van der Waals surface area contributed by atoms with Gasteiger partial charge in [0.1, 0.15) is 5.75 Å². The van der Waals surface area contributed by atoms with Crippen LogP contribution in [-0.2, 0) is 6.42 Å². The minimum atomic E-state index is 0.366. The Morgan fingerprint density at radius 1 is 1.11 bits per heavy atom. The van der Waals surface area contributed by atoms with E-state index in [1.165, 1.54) is 11.1 Å². The van der Waals surface area contributed by atoms with Gasteiger partial charge in [-0.1, -0.05) is 12.1 Å². The molecule has 1 N–H and O–H groups in total. The van der Waals surface area contributed by atoms with Gasteiger partial charge in [-0.15, -0.1) is 0 Å². The van der Waals surface area contributed by atoms with Gasteiger partial charge in [0.15, 0.2) is 0 Å². The van der Waals surface area contributed by atoms with Crippen molar-refractivity contribution in [1.29, 1.82) is 0 Å². The summed E-state index contributed by atoms with van der Waals surface area (Å²) in [7, 11) is 3.69. The van der Waals surface area contributed by atoms with E-state index in [0.29, 0.717) is 6.04 Å². The fourth-order valence-corrected chi connectivity index (χ4v) is 2.18. The summed E-state index contributed by atoms with van der Waals surface area (Å²) in [6, 6.07) is 12.8. The number of aromatic nitrogens is 1. The summed E-state index contributed by atoms with van der Waals surface area (Å²) in [6.45, 7) is 0. The molecule has 3 nitrogen and oxygen atoms in total. The highest BCUT2D eigenvalue weighted by Crippen LogP contribution is 2.19. The quantitative estimate of drug-likeness (QED) is 0.862. The first-order valence-corrected chi connectivity index (χ1v) is 6.53. The first-order valence-electron chi connectivity index (χ1n) is 6.53. The van der Waals surface area contributed by atoms with Gasteiger partial charge < -0.3 is 10.1 Å². The van der Waals surface area contributed by atoms with Gasteiger partial charge >= 0.3 is 0 Å². The highest BCUT2D eigenvalue weighted by atomic mass is 16.5. The van der Waals surface area contributed by atoms with Crippen molar-refractivity contribution in [2.24, 2.45) is 0 Å². The van der Waals surface area contributed by atoms with Gasteiger partial charge in [0.25, 0.3) is 0 Å². The van der Waals surface area contributed by atoms with Crippen molar-refractivity contribution in [2.75, 3.05) is 14.2 Å². The van der Waals surface area contributed by atoms with Crippen LogP contribution in [0, 0.1) is 0 Å². The zero-order valence-corrected chi connectivity index (χ0v) is 11.5. The summed E-state index contributed by atoms with van der Waals surface area (Å²) in [5.41, 5.74) is 2.61. The largest absolute Gasteiger partial charge is 0.497 e. The number of methoxy groups -OCH3 is 1. The second-order valence-corrected chi connectivity index (χ2v) is 4.51. The molecule has 1 aromatic carbocycles. The number of hydrogen-bond donors (Lipinski definition) is 1. The Morgan fingerprint density at radius 2 is 1.79 bits per heavy atom. The first-order chi connectivity index (χ1) is 9.33. The fourth-order valence-electron chi connectivity index (χ4n) is 2.18. The third kappa shape index (κ3) is 3.80. The summed E-state index contributed by atoms with van der Waals surface area (Å²) in [4.78, 5) is 4.06. The van der Waals surface area contributed by atoms with Crippen LogP contribution in [0.2, 0.25) is 0 Å². The normalized spacial score (nSPS) is 12.1. The molecule has 0 saturated heterocycles. The number of nitrogens with one attached hydrogen (secondary N) is 1. The van der Waals surface area contributed by atoms with E-state index >= 15 is 0 Å². The van der Waals surface area contributed by atoms with Crippen LogP contribution in [0.3, 0.4) is 0 Å². The van der Waals surface area contributed by atoms with E-state index in [9.17, 15) is 0 Å². The Morgan fingerprint density at radius 3 is 2.37 bits per heavy atom. The number of aryl methyl sites for hydroxylation is 1. The minimum absolute atomic E-state index is 0.366. The summed E-state index contributed by atoms with van der Waals surface area (Å²) in [5, 5.41) is 3.36. The van der Waals surface area contributed by atoms with E-state index in [1.807, 2.05) is 31.6 Å². The van der Waals surface area contributed by atoms with Crippen molar-refractivity contribution >= 4 is 0 Å². The molecule has 0 aliphatic heterocycles. The predicted octanol–water partition coefficient (Wildman–Crippen LogP) is 2.98. The summed E-state index contributed by atoms with van der Waals surface area (Å²) in [5.74, 6) is 0.906. The molecule has 0 aliphatic rings. The summed E-state index contributed by atoms with van der Waals surface area (Å²) < 4.78 is 5.17. The lowest BCUT2D eigenvalue weighted by molar-refractivity contribution is 0.414. The van der Waals surface area contributed by atoms with E-state index in [4.69, 9.17) is 4.74 Å². The van der Waals surface area contributed by atoms with Crippen LogP contribution in [0.4, 0.5) is 0 Å². The van der Waals surface area contributed by atoms with Gasteiger partial charge in [-0.25, -0.2) is 0 Å². The van der Waals surface area contributed by atoms with Crippen LogP contribution in [0.5, 0.6) is 5.75 Å². The molecule has 0 bridgehead atoms. The second kappa shape index (κ2) is 6.90. The van der Waals surface area contributed by atoms with Crippen molar-refractivity contribution < 1.29 is 4.74 Å². The Balaban J connectivity index is 1.96. The second-order valence-electron chi connectivity index (χ2n) is 4.51.